The molecule has 6 nitrogen and oxygen atoms in total. The van der Waals surface area contributed by atoms with E-state index in [-0.39, 0.29) is 18.5 Å². The Kier molecular flexibility index (Phi) is 6.02. The van der Waals surface area contributed by atoms with Crippen LogP contribution in [0.15, 0.2) is 24.3 Å². The van der Waals surface area contributed by atoms with E-state index in [2.05, 4.69) is 5.32 Å². The van der Waals surface area contributed by atoms with Crippen LogP contribution in [0.4, 0.5) is 5.69 Å². The Hall–Kier alpha value is -1.76. The van der Waals surface area contributed by atoms with Gasteiger partial charge in [-0.05, 0) is 25.5 Å². The molecular weight excluding hydrogens is 292 g/mol. The molecule has 1 atom stereocenters. The number of hydrogen-bond donors (Lipinski definition) is 1. The number of amides is 1. The molecule has 0 fully saturated rings. The number of methoxy groups -OCH3 is 1. The van der Waals surface area contributed by atoms with E-state index in [1.165, 1.54) is 7.11 Å². The third-order valence-corrected chi connectivity index (χ3v) is 4.19. The largest absolute Gasteiger partial charge is 0.497 e. The summed E-state index contributed by atoms with van der Waals surface area (Å²) in [5.74, 6) is 0.195. The normalized spacial score (nSPS) is 12.6. The lowest BCUT2D eigenvalue weighted by Gasteiger charge is -2.23. The number of anilines is 1. The van der Waals surface area contributed by atoms with Crippen molar-refractivity contribution in [3.8, 4) is 5.75 Å². The smallest absolute Gasteiger partial charge is 0.240 e. The second-order valence-corrected chi connectivity index (χ2v) is 6.75. The Morgan fingerprint density at radius 2 is 2.10 bits per heavy atom. The van der Waals surface area contributed by atoms with Gasteiger partial charge in [-0.15, -0.1) is 0 Å². The van der Waals surface area contributed by atoms with Gasteiger partial charge >= 0.3 is 0 Å². The van der Waals surface area contributed by atoms with E-state index in [9.17, 15) is 13.2 Å². The van der Waals surface area contributed by atoms with Crippen LogP contribution in [-0.4, -0.2) is 40.3 Å². The molecule has 1 aromatic carbocycles. The molecular formula is C14H22N2O4S. The molecule has 0 aromatic heterocycles. The average molecular weight is 314 g/mol. The summed E-state index contributed by atoms with van der Waals surface area (Å²) in [4.78, 5) is 11.9. The van der Waals surface area contributed by atoms with Gasteiger partial charge in [-0.2, -0.15) is 0 Å². The highest BCUT2D eigenvalue weighted by Gasteiger charge is 2.21. The van der Waals surface area contributed by atoms with Crippen LogP contribution in [0, 0.1) is 0 Å². The molecule has 0 aliphatic carbocycles. The summed E-state index contributed by atoms with van der Waals surface area (Å²) in [6.07, 6.45) is 1.85. The summed E-state index contributed by atoms with van der Waals surface area (Å²) in [7, 11) is -2.06. The van der Waals surface area contributed by atoms with Crippen molar-refractivity contribution < 1.29 is 17.9 Å². The van der Waals surface area contributed by atoms with Crippen molar-refractivity contribution in [2.45, 2.75) is 26.3 Å². The van der Waals surface area contributed by atoms with Gasteiger partial charge in [-0.25, -0.2) is 8.42 Å². The number of hydrogen-bond acceptors (Lipinski definition) is 4. The Bertz CT molecular complexity index is 586. The second-order valence-electron chi connectivity index (χ2n) is 4.85. The van der Waals surface area contributed by atoms with Gasteiger partial charge in [0.1, 0.15) is 12.3 Å². The molecule has 0 saturated heterocycles. The van der Waals surface area contributed by atoms with Crippen LogP contribution >= 0.6 is 0 Å². The van der Waals surface area contributed by atoms with Crippen molar-refractivity contribution in [2.75, 3.05) is 24.2 Å². The van der Waals surface area contributed by atoms with Crippen LogP contribution in [0.25, 0.3) is 0 Å². The lowest BCUT2D eigenvalue weighted by Crippen LogP contribution is -2.43. The molecule has 1 rings (SSSR count). The molecule has 1 unspecified atom stereocenters. The molecule has 0 bridgehead atoms. The van der Waals surface area contributed by atoms with Crippen LogP contribution in [0.5, 0.6) is 5.75 Å². The van der Waals surface area contributed by atoms with Crippen LogP contribution < -0.4 is 14.4 Å². The minimum Gasteiger partial charge on any atom is -0.497 e. The van der Waals surface area contributed by atoms with E-state index in [1.807, 2.05) is 13.8 Å². The summed E-state index contributed by atoms with van der Waals surface area (Å²) in [6, 6.07) is 6.60. The Morgan fingerprint density at radius 1 is 1.43 bits per heavy atom. The van der Waals surface area contributed by atoms with Gasteiger partial charge in [0.25, 0.3) is 0 Å². The molecule has 0 heterocycles. The monoisotopic (exact) mass is 314 g/mol. The fourth-order valence-electron chi connectivity index (χ4n) is 1.72. The van der Waals surface area contributed by atoms with Crippen molar-refractivity contribution in [2.24, 2.45) is 0 Å². The van der Waals surface area contributed by atoms with E-state index in [0.717, 1.165) is 17.0 Å². The molecule has 0 spiro atoms. The van der Waals surface area contributed by atoms with E-state index in [4.69, 9.17) is 4.74 Å². The molecule has 0 aliphatic heterocycles. The zero-order chi connectivity index (χ0) is 16.0. The number of nitrogens with zero attached hydrogens (tertiary/aromatic N) is 1. The first-order chi connectivity index (χ1) is 9.77. The Balaban J connectivity index is 2.99. The summed E-state index contributed by atoms with van der Waals surface area (Å²) >= 11 is 0. The minimum atomic E-state index is -3.56. The number of nitrogens with one attached hydrogen (secondary N) is 1. The fraction of sp³-hybridized carbons (Fsp3) is 0.500. The highest BCUT2D eigenvalue weighted by Crippen LogP contribution is 2.22. The first kappa shape index (κ1) is 17.3. The zero-order valence-electron chi connectivity index (χ0n) is 12.8. The third kappa shape index (κ3) is 5.26. The molecule has 118 valence electrons. The first-order valence-corrected chi connectivity index (χ1v) is 8.54. The molecule has 0 saturated carbocycles. The Morgan fingerprint density at radius 3 is 2.62 bits per heavy atom. The van der Waals surface area contributed by atoms with Gasteiger partial charge < -0.3 is 10.1 Å². The van der Waals surface area contributed by atoms with Crippen molar-refractivity contribution in [3.05, 3.63) is 24.3 Å². The van der Waals surface area contributed by atoms with E-state index in [1.54, 1.807) is 24.3 Å². The maximum absolute atomic E-state index is 11.9. The predicted octanol–water partition coefficient (Wildman–Crippen LogP) is 1.38. The lowest BCUT2D eigenvalue weighted by molar-refractivity contribution is -0.120. The van der Waals surface area contributed by atoms with Gasteiger partial charge in [-0.3, -0.25) is 9.10 Å². The number of benzene rings is 1. The number of carbonyl (C=O) groups excluding carboxylic acids is 1. The highest BCUT2D eigenvalue weighted by molar-refractivity contribution is 7.92. The van der Waals surface area contributed by atoms with Crippen molar-refractivity contribution in [1.29, 1.82) is 0 Å². The predicted molar refractivity (Wildman–Crippen MR) is 83.1 cm³/mol. The zero-order valence-corrected chi connectivity index (χ0v) is 13.6. The number of sulfonamides is 1. The summed E-state index contributed by atoms with van der Waals surface area (Å²) in [5.41, 5.74) is 0.399. The van der Waals surface area contributed by atoms with Gasteiger partial charge in [0.15, 0.2) is 0 Å². The molecule has 1 amide bonds. The number of ether oxygens (including phenoxy) is 1. The maximum Gasteiger partial charge on any atom is 0.240 e. The maximum atomic E-state index is 11.9. The lowest BCUT2D eigenvalue weighted by atomic mass is 10.2. The van der Waals surface area contributed by atoms with Crippen LogP contribution in [0.3, 0.4) is 0 Å². The second kappa shape index (κ2) is 7.31. The van der Waals surface area contributed by atoms with Crippen LogP contribution in [0.2, 0.25) is 0 Å². The standard InChI is InChI=1S/C14H22N2O4S/c1-5-11(2)15-14(17)10-16(21(4,18)19)12-7-6-8-13(9-12)20-3/h6-9,11H,5,10H2,1-4H3,(H,15,17). The number of carbonyl (C=O) groups is 1. The summed E-state index contributed by atoms with van der Waals surface area (Å²) in [6.45, 7) is 3.56. The summed E-state index contributed by atoms with van der Waals surface area (Å²) < 4.78 is 30.0. The van der Waals surface area contributed by atoms with Crippen molar-refractivity contribution in [3.63, 3.8) is 0 Å². The minimum absolute atomic E-state index is 0.00391. The summed E-state index contributed by atoms with van der Waals surface area (Å²) in [5, 5.41) is 2.75. The molecule has 0 aliphatic rings. The fourth-order valence-corrected chi connectivity index (χ4v) is 2.57. The van der Waals surface area contributed by atoms with Crippen LogP contribution in [-0.2, 0) is 14.8 Å². The topological polar surface area (TPSA) is 75.7 Å². The molecule has 1 aromatic rings. The van der Waals surface area contributed by atoms with E-state index >= 15 is 0 Å². The Labute approximate surface area is 126 Å². The quantitative estimate of drug-likeness (QED) is 0.825. The first-order valence-electron chi connectivity index (χ1n) is 6.69. The van der Waals surface area contributed by atoms with Gasteiger partial charge in [-0.1, -0.05) is 13.0 Å². The SMILES string of the molecule is CCC(C)NC(=O)CN(c1cccc(OC)c1)S(C)(=O)=O. The third-order valence-electron chi connectivity index (χ3n) is 3.05. The van der Waals surface area contributed by atoms with Gasteiger partial charge in [0.05, 0.1) is 19.1 Å². The molecule has 21 heavy (non-hydrogen) atoms. The average Bonchev–Trinajstić information content (AvgIpc) is 2.43. The van der Waals surface area contributed by atoms with Gasteiger partial charge in [0.2, 0.25) is 15.9 Å². The molecule has 0 radical (unpaired) electrons. The molecule has 1 N–H and O–H groups in total. The number of rotatable bonds is 7. The van der Waals surface area contributed by atoms with E-state index < -0.39 is 10.0 Å². The van der Waals surface area contributed by atoms with Crippen molar-refractivity contribution >= 4 is 21.6 Å². The molecule has 7 heteroatoms. The van der Waals surface area contributed by atoms with Crippen molar-refractivity contribution in [1.82, 2.24) is 5.32 Å². The van der Waals surface area contributed by atoms with Gasteiger partial charge in [0, 0.05) is 12.1 Å². The highest BCUT2D eigenvalue weighted by atomic mass is 32.2. The van der Waals surface area contributed by atoms with Crippen LogP contribution in [0.1, 0.15) is 20.3 Å². The van der Waals surface area contributed by atoms with E-state index in [0.29, 0.717) is 11.4 Å².